The molecule has 0 aromatic heterocycles. The predicted molar refractivity (Wildman–Crippen MR) is 102 cm³/mol. The Morgan fingerprint density at radius 3 is 2.73 bits per heavy atom. The number of hydrogen-bond donors (Lipinski definition) is 1. The van der Waals surface area contributed by atoms with Gasteiger partial charge in [-0.25, -0.2) is 9.38 Å². The van der Waals surface area contributed by atoms with Crippen LogP contribution >= 0.6 is 23.4 Å². The van der Waals surface area contributed by atoms with Crippen molar-refractivity contribution in [3.05, 3.63) is 59.4 Å². The second-order valence-corrected chi connectivity index (χ2v) is 7.19. The van der Waals surface area contributed by atoms with Crippen molar-refractivity contribution < 1.29 is 14.0 Å². The van der Waals surface area contributed by atoms with Crippen LogP contribution in [0.5, 0.6) is 0 Å². The maximum atomic E-state index is 13.2. The molecule has 0 unspecified atom stereocenters. The van der Waals surface area contributed by atoms with Crippen molar-refractivity contribution in [1.29, 1.82) is 0 Å². The number of thioether (sulfide) groups is 1. The van der Waals surface area contributed by atoms with Gasteiger partial charge in [-0.15, -0.1) is 0 Å². The van der Waals surface area contributed by atoms with Gasteiger partial charge in [-0.1, -0.05) is 41.6 Å². The molecule has 26 heavy (non-hydrogen) atoms. The summed E-state index contributed by atoms with van der Waals surface area (Å²) in [5, 5.41) is 2.60. The lowest BCUT2D eigenvalue weighted by Crippen LogP contribution is -2.30. The first-order valence-electron chi connectivity index (χ1n) is 7.77. The molecule has 0 aliphatic carbocycles. The molecule has 1 N–H and O–H groups in total. The van der Waals surface area contributed by atoms with Crippen molar-refractivity contribution in [3.63, 3.8) is 0 Å². The lowest BCUT2D eigenvalue weighted by Gasteiger charge is -2.09. The number of amidine groups is 1. The lowest BCUT2D eigenvalue weighted by atomic mass is 10.2. The van der Waals surface area contributed by atoms with Crippen molar-refractivity contribution >= 4 is 51.7 Å². The smallest absolute Gasteiger partial charge is 0.242 e. The van der Waals surface area contributed by atoms with E-state index in [0.717, 1.165) is 0 Å². The summed E-state index contributed by atoms with van der Waals surface area (Å²) in [7, 11) is 1.59. The van der Waals surface area contributed by atoms with E-state index in [0.29, 0.717) is 16.5 Å². The Kier molecular flexibility index (Phi) is 5.58. The second-order valence-electron chi connectivity index (χ2n) is 5.61. The largest absolute Gasteiger partial charge is 0.326 e. The van der Waals surface area contributed by atoms with Crippen molar-refractivity contribution in [2.24, 2.45) is 4.99 Å². The number of hydrogen-bond acceptors (Lipinski definition) is 4. The number of anilines is 1. The number of rotatable bonds is 4. The van der Waals surface area contributed by atoms with Gasteiger partial charge in [0.1, 0.15) is 11.1 Å². The first-order chi connectivity index (χ1) is 12.4. The lowest BCUT2D eigenvalue weighted by molar-refractivity contribution is -0.127. The van der Waals surface area contributed by atoms with E-state index in [1.807, 2.05) is 18.2 Å². The van der Waals surface area contributed by atoms with Crippen LogP contribution < -0.4 is 5.32 Å². The summed E-state index contributed by atoms with van der Waals surface area (Å²) < 4.78 is 13.2. The van der Waals surface area contributed by atoms with Crippen LogP contribution in [0.25, 0.3) is 0 Å². The van der Waals surface area contributed by atoms with E-state index in [1.54, 1.807) is 19.2 Å². The van der Waals surface area contributed by atoms with Gasteiger partial charge in [0.15, 0.2) is 5.17 Å². The van der Waals surface area contributed by atoms with Crippen molar-refractivity contribution in [1.82, 2.24) is 4.90 Å². The van der Waals surface area contributed by atoms with E-state index < -0.39 is 11.1 Å². The van der Waals surface area contributed by atoms with Gasteiger partial charge in [0.05, 0.1) is 10.7 Å². The maximum Gasteiger partial charge on any atom is 0.242 e. The minimum Gasteiger partial charge on any atom is -0.326 e. The van der Waals surface area contributed by atoms with Crippen LogP contribution in [0.4, 0.5) is 15.8 Å². The highest BCUT2D eigenvalue weighted by molar-refractivity contribution is 8.15. The Balaban J connectivity index is 1.69. The fourth-order valence-electron chi connectivity index (χ4n) is 2.36. The van der Waals surface area contributed by atoms with Crippen LogP contribution in [0.2, 0.25) is 5.02 Å². The summed E-state index contributed by atoms with van der Waals surface area (Å²) in [5.41, 5.74) is 1.11. The van der Waals surface area contributed by atoms with E-state index in [2.05, 4.69) is 10.3 Å². The first kappa shape index (κ1) is 18.4. The Morgan fingerprint density at radius 1 is 1.31 bits per heavy atom. The minimum absolute atomic E-state index is 0.0337. The van der Waals surface area contributed by atoms with Gasteiger partial charge in [0, 0.05) is 19.2 Å². The van der Waals surface area contributed by atoms with Gasteiger partial charge >= 0.3 is 0 Å². The molecule has 2 aromatic rings. The summed E-state index contributed by atoms with van der Waals surface area (Å²) in [6.45, 7) is 0. The number of para-hydroxylation sites is 1. The average Bonchev–Trinajstić information content (AvgIpc) is 2.87. The molecule has 5 nitrogen and oxygen atoms in total. The quantitative estimate of drug-likeness (QED) is 0.854. The van der Waals surface area contributed by atoms with Crippen molar-refractivity contribution in [2.45, 2.75) is 11.7 Å². The van der Waals surface area contributed by atoms with Gasteiger partial charge in [-0.05, 0) is 30.3 Å². The van der Waals surface area contributed by atoms with Crippen LogP contribution in [0, 0.1) is 5.82 Å². The predicted octanol–water partition coefficient (Wildman–Crippen LogP) is 4.07. The van der Waals surface area contributed by atoms with E-state index >= 15 is 0 Å². The average molecular weight is 392 g/mol. The number of carbonyl (C=O) groups is 2. The van der Waals surface area contributed by atoms with Crippen LogP contribution in [0.1, 0.15) is 6.42 Å². The Morgan fingerprint density at radius 2 is 2.04 bits per heavy atom. The zero-order chi connectivity index (χ0) is 18.7. The van der Waals surface area contributed by atoms with Gasteiger partial charge in [-0.2, -0.15) is 0 Å². The highest BCUT2D eigenvalue weighted by Crippen LogP contribution is 2.31. The molecule has 0 saturated carbocycles. The molecule has 134 valence electrons. The molecule has 3 rings (SSSR count). The third kappa shape index (κ3) is 4.23. The topological polar surface area (TPSA) is 61.8 Å². The Labute approximate surface area is 159 Å². The zero-order valence-corrected chi connectivity index (χ0v) is 15.4. The fourth-order valence-corrected chi connectivity index (χ4v) is 3.69. The number of aliphatic imine (C=N–C) groups is 1. The summed E-state index contributed by atoms with van der Waals surface area (Å²) in [6.07, 6.45) is 0.0337. The highest BCUT2D eigenvalue weighted by Gasteiger charge is 2.37. The first-order valence-corrected chi connectivity index (χ1v) is 9.02. The SMILES string of the molecule is CN1C(=O)[C@@H](CC(=O)Nc2ccccc2)SC1=Nc1ccc(F)c(Cl)c1. The molecule has 1 aliphatic heterocycles. The molecule has 2 amide bonds. The van der Waals surface area contributed by atoms with Gasteiger partial charge in [-0.3, -0.25) is 14.5 Å². The molecule has 1 atom stereocenters. The van der Waals surface area contributed by atoms with Gasteiger partial charge in [0.25, 0.3) is 0 Å². The third-order valence-electron chi connectivity index (χ3n) is 3.70. The second kappa shape index (κ2) is 7.88. The highest BCUT2D eigenvalue weighted by atomic mass is 35.5. The normalized spacial score (nSPS) is 18.4. The van der Waals surface area contributed by atoms with Crippen molar-refractivity contribution in [2.75, 3.05) is 12.4 Å². The van der Waals surface area contributed by atoms with E-state index in [1.165, 1.54) is 34.9 Å². The van der Waals surface area contributed by atoms with Crippen LogP contribution in [-0.4, -0.2) is 34.2 Å². The molecule has 1 aliphatic rings. The molecular formula is C18H15ClFN3O2S. The number of benzene rings is 2. The van der Waals surface area contributed by atoms with E-state index in [-0.39, 0.29) is 23.3 Å². The molecule has 0 bridgehead atoms. The monoisotopic (exact) mass is 391 g/mol. The summed E-state index contributed by atoms with van der Waals surface area (Å²) >= 11 is 6.95. The molecule has 0 spiro atoms. The molecule has 1 fully saturated rings. The Hall–Kier alpha value is -2.38. The van der Waals surface area contributed by atoms with Crippen molar-refractivity contribution in [3.8, 4) is 0 Å². The molecule has 8 heteroatoms. The standard InChI is InChI=1S/C18H15ClFN3O2S/c1-23-17(25)15(10-16(24)21-11-5-3-2-4-6-11)26-18(23)22-12-7-8-14(20)13(19)9-12/h2-9,15H,10H2,1H3,(H,21,24)/t15-/m1/s1. The molecule has 2 aromatic carbocycles. The van der Waals surface area contributed by atoms with Gasteiger partial charge < -0.3 is 5.32 Å². The number of nitrogens with zero attached hydrogens (tertiary/aromatic N) is 2. The number of carbonyl (C=O) groups excluding carboxylic acids is 2. The summed E-state index contributed by atoms with van der Waals surface area (Å²) in [4.78, 5) is 30.3. The van der Waals surface area contributed by atoms with Gasteiger partial charge in [0.2, 0.25) is 11.8 Å². The third-order valence-corrected chi connectivity index (χ3v) is 5.22. The minimum atomic E-state index is -0.557. The van der Waals surface area contributed by atoms with Crippen LogP contribution in [-0.2, 0) is 9.59 Å². The molecule has 1 heterocycles. The maximum absolute atomic E-state index is 13.2. The van der Waals surface area contributed by atoms with E-state index in [4.69, 9.17) is 11.6 Å². The fraction of sp³-hybridized carbons (Fsp3) is 0.167. The molecular weight excluding hydrogens is 377 g/mol. The summed E-state index contributed by atoms with van der Waals surface area (Å²) in [5.74, 6) is -0.985. The number of halogens is 2. The Bertz CT molecular complexity index is 876. The molecule has 1 saturated heterocycles. The number of amides is 2. The number of nitrogens with one attached hydrogen (secondary N) is 1. The van der Waals surface area contributed by atoms with Crippen LogP contribution in [0.3, 0.4) is 0 Å². The zero-order valence-electron chi connectivity index (χ0n) is 13.8. The van der Waals surface area contributed by atoms with Crippen LogP contribution in [0.15, 0.2) is 53.5 Å². The molecule has 0 radical (unpaired) electrons. The van der Waals surface area contributed by atoms with E-state index in [9.17, 15) is 14.0 Å². The summed E-state index contributed by atoms with van der Waals surface area (Å²) in [6, 6.07) is 13.1.